The lowest BCUT2D eigenvalue weighted by Gasteiger charge is -2.19. The summed E-state index contributed by atoms with van der Waals surface area (Å²) in [4.78, 5) is 13.3. The monoisotopic (exact) mass is 267 g/mol. The Balaban J connectivity index is 3.06. The van der Waals surface area contributed by atoms with Crippen LogP contribution in [0.5, 0.6) is 0 Å². The first-order chi connectivity index (χ1) is 6.93. The largest absolute Gasteiger partial charge is 0.311 e. The van der Waals surface area contributed by atoms with Crippen molar-refractivity contribution < 1.29 is 4.79 Å². The standard InChI is InChI=1S/C12H14BrNO/c1-8(2)12(15)14(4)11-6-5-9(3)7-10(11)13/h5-7H,1H2,2-4H3. The van der Waals surface area contributed by atoms with Crippen LogP contribution in [-0.2, 0) is 4.79 Å². The Morgan fingerprint density at radius 2 is 2.07 bits per heavy atom. The van der Waals surface area contributed by atoms with Crippen molar-refractivity contribution in [2.75, 3.05) is 11.9 Å². The molecule has 15 heavy (non-hydrogen) atoms. The zero-order chi connectivity index (χ0) is 11.6. The van der Waals surface area contributed by atoms with Gasteiger partial charge in [-0.25, -0.2) is 0 Å². The lowest BCUT2D eigenvalue weighted by molar-refractivity contribution is -0.114. The number of halogens is 1. The summed E-state index contributed by atoms with van der Waals surface area (Å²) in [6.07, 6.45) is 0. The molecule has 0 saturated carbocycles. The normalized spacial score (nSPS) is 9.87. The molecular formula is C12H14BrNO. The van der Waals surface area contributed by atoms with Gasteiger partial charge in [0, 0.05) is 17.1 Å². The number of nitrogens with zero attached hydrogens (tertiary/aromatic N) is 1. The topological polar surface area (TPSA) is 20.3 Å². The van der Waals surface area contributed by atoms with Gasteiger partial charge in [0.1, 0.15) is 0 Å². The maximum absolute atomic E-state index is 11.7. The van der Waals surface area contributed by atoms with Crippen molar-refractivity contribution in [2.24, 2.45) is 0 Å². The van der Waals surface area contributed by atoms with Crippen LogP contribution in [0.4, 0.5) is 5.69 Å². The van der Waals surface area contributed by atoms with Gasteiger partial charge in [0.25, 0.3) is 5.91 Å². The molecule has 0 spiro atoms. The number of likely N-dealkylation sites (N-methyl/N-ethyl adjacent to an activating group) is 1. The Morgan fingerprint density at radius 1 is 1.47 bits per heavy atom. The summed E-state index contributed by atoms with van der Waals surface area (Å²) in [7, 11) is 1.74. The minimum Gasteiger partial charge on any atom is -0.311 e. The van der Waals surface area contributed by atoms with E-state index in [0.717, 1.165) is 15.7 Å². The molecule has 0 aliphatic heterocycles. The van der Waals surface area contributed by atoms with E-state index >= 15 is 0 Å². The third kappa shape index (κ3) is 2.69. The maximum atomic E-state index is 11.7. The first-order valence-electron chi connectivity index (χ1n) is 4.63. The SMILES string of the molecule is C=C(C)C(=O)N(C)c1ccc(C)cc1Br. The molecule has 0 bridgehead atoms. The minimum atomic E-state index is -0.0699. The number of hydrogen-bond donors (Lipinski definition) is 0. The fourth-order valence-corrected chi connectivity index (χ4v) is 2.04. The molecule has 1 aromatic rings. The fraction of sp³-hybridized carbons (Fsp3) is 0.250. The number of hydrogen-bond acceptors (Lipinski definition) is 1. The van der Waals surface area contributed by atoms with E-state index in [1.807, 2.05) is 25.1 Å². The number of anilines is 1. The van der Waals surface area contributed by atoms with Crippen molar-refractivity contribution in [1.29, 1.82) is 0 Å². The molecule has 0 saturated heterocycles. The summed E-state index contributed by atoms with van der Waals surface area (Å²) in [5.74, 6) is -0.0699. The van der Waals surface area contributed by atoms with Gasteiger partial charge in [0.15, 0.2) is 0 Å². The van der Waals surface area contributed by atoms with Gasteiger partial charge in [-0.05, 0) is 47.5 Å². The predicted octanol–water partition coefficient (Wildman–Crippen LogP) is 3.30. The Labute approximate surface area is 98.7 Å². The zero-order valence-corrected chi connectivity index (χ0v) is 10.8. The Kier molecular flexibility index (Phi) is 3.69. The average molecular weight is 268 g/mol. The van der Waals surface area contributed by atoms with E-state index in [2.05, 4.69) is 22.5 Å². The van der Waals surface area contributed by atoms with E-state index in [1.54, 1.807) is 18.9 Å². The van der Waals surface area contributed by atoms with Gasteiger partial charge in [0.2, 0.25) is 0 Å². The molecular weight excluding hydrogens is 254 g/mol. The highest BCUT2D eigenvalue weighted by Gasteiger charge is 2.13. The highest BCUT2D eigenvalue weighted by atomic mass is 79.9. The highest BCUT2D eigenvalue weighted by Crippen LogP contribution is 2.27. The van der Waals surface area contributed by atoms with Gasteiger partial charge in [-0.2, -0.15) is 0 Å². The van der Waals surface area contributed by atoms with Crippen LogP contribution in [0.25, 0.3) is 0 Å². The first kappa shape index (κ1) is 12.0. The van der Waals surface area contributed by atoms with Crippen LogP contribution in [-0.4, -0.2) is 13.0 Å². The summed E-state index contributed by atoms with van der Waals surface area (Å²) in [5, 5.41) is 0. The number of rotatable bonds is 2. The highest BCUT2D eigenvalue weighted by molar-refractivity contribution is 9.10. The molecule has 0 fully saturated rings. The summed E-state index contributed by atoms with van der Waals surface area (Å²) in [6, 6.07) is 5.88. The molecule has 0 aliphatic carbocycles. The molecule has 80 valence electrons. The summed E-state index contributed by atoms with van der Waals surface area (Å²) < 4.78 is 0.916. The van der Waals surface area contributed by atoms with Crippen molar-refractivity contribution in [3.05, 3.63) is 40.4 Å². The van der Waals surface area contributed by atoms with E-state index in [1.165, 1.54) is 0 Å². The van der Waals surface area contributed by atoms with E-state index in [0.29, 0.717) is 5.57 Å². The van der Waals surface area contributed by atoms with Crippen molar-refractivity contribution in [3.63, 3.8) is 0 Å². The zero-order valence-electron chi connectivity index (χ0n) is 9.17. The van der Waals surface area contributed by atoms with E-state index in [4.69, 9.17) is 0 Å². The second-order valence-electron chi connectivity index (χ2n) is 3.60. The number of aryl methyl sites for hydroxylation is 1. The molecule has 0 radical (unpaired) electrons. The van der Waals surface area contributed by atoms with Gasteiger partial charge in [-0.1, -0.05) is 12.6 Å². The first-order valence-corrected chi connectivity index (χ1v) is 5.42. The average Bonchev–Trinajstić information content (AvgIpc) is 2.15. The second-order valence-corrected chi connectivity index (χ2v) is 4.45. The summed E-state index contributed by atoms with van der Waals surface area (Å²) in [5.41, 5.74) is 2.54. The summed E-state index contributed by atoms with van der Waals surface area (Å²) >= 11 is 3.44. The second kappa shape index (κ2) is 4.62. The lowest BCUT2D eigenvalue weighted by Crippen LogP contribution is -2.26. The number of amides is 1. The van der Waals surface area contributed by atoms with E-state index in [9.17, 15) is 4.79 Å². The molecule has 0 heterocycles. The Morgan fingerprint density at radius 3 is 2.53 bits per heavy atom. The Hall–Kier alpha value is -1.09. The minimum absolute atomic E-state index is 0.0699. The van der Waals surface area contributed by atoms with Gasteiger partial charge >= 0.3 is 0 Å². The van der Waals surface area contributed by atoms with E-state index < -0.39 is 0 Å². The number of carbonyl (C=O) groups is 1. The van der Waals surface area contributed by atoms with Crippen LogP contribution in [0.2, 0.25) is 0 Å². The quantitative estimate of drug-likeness (QED) is 0.754. The molecule has 0 atom stereocenters. The van der Waals surface area contributed by atoms with Gasteiger partial charge in [-0.15, -0.1) is 0 Å². The number of benzene rings is 1. The molecule has 1 aromatic carbocycles. The molecule has 0 N–H and O–H groups in total. The number of carbonyl (C=O) groups excluding carboxylic acids is 1. The van der Waals surface area contributed by atoms with Crippen molar-refractivity contribution in [3.8, 4) is 0 Å². The third-order valence-electron chi connectivity index (χ3n) is 2.13. The van der Waals surface area contributed by atoms with Crippen molar-refractivity contribution in [2.45, 2.75) is 13.8 Å². The molecule has 0 aromatic heterocycles. The van der Waals surface area contributed by atoms with Crippen LogP contribution in [0.3, 0.4) is 0 Å². The third-order valence-corrected chi connectivity index (χ3v) is 2.77. The molecule has 0 unspecified atom stereocenters. The van der Waals surface area contributed by atoms with Crippen LogP contribution in [0.1, 0.15) is 12.5 Å². The van der Waals surface area contributed by atoms with Crippen molar-refractivity contribution in [1.82, 2.24) is 0 Å². The lowest BCUT2D eigenvalue weighted by atomic mass is 10.2. The van der Waals surface area contributed by atoms with Crippen LogP contribution in [0.15, 0.2) is 34.8 Å². The Bertz CT molecular complexity index is 412. The van der Waals surface area contributed by atoms with Gasteiger partial charge < -0.3 is 4.90 Å². The molecule has 3 heteroatoms. The van der Waals surface area contributed by atoms with E-state index in [-0.39, 0.29) is 5.91 Å². The summed E-state index contributed by atoms with van der Waals surface area (Å²) in [6.45, 7) is 7.36. The van der Waals surface area contributed by atoms with Crippen LogP contribution in [0, 0.1) is 6.92 Å². The fourth-order valence-electron chi connectivity index (χ4n) is 1.28. The van der Waals surface area contributed by atoms with Gasteiger partial charge in [-0.3, -0.25) is 4.79 Å². The van der Waals surface area contributed by atoms with Crippen LogP contribution >= 0.6 is 15.9 Å². The molecule has 1 amide bonds. The van der Waals surface area contributed by atoms with Crippen molar-refractivity contribution >= 4 is 27.5 Å². The predicted molar refractivity (Wildman–Crippen MR) is 67.1 cm³/mol. The smallest absolute Gasteiger partial charge is 0.253 e. The molecule has 2 nitrogen and oxygen atoms in total. The molecule has 0 aliphatic rings. The van der Waals surface area contributed by atoms with Gasteiger partial charge in [0.05, 0.1) is 5.69 Å². The van der Waals surface area contributed by atoms with Crippen LogP contribution < -0.4 is 4.90 Å². The maximum Gasteiger partial charge on any atom is 0.253 e. The molecule has 1 rings (SSSR count).